The summed E-state index contributed by atoms with van der Waals surface area (Å²) in [6.45, 7) is 4.48. The molecule has 0 atom stereocenters. The molecule has 0 amide bonds. The highest BCUT2D eigenvalue weighted by Gasteiger charge is 2.13. The molecule has 0 aliphatic rings. The van der Waals surface area contributed by atoms with Gasteiger partial charge in [-0.25, -0.2) is 4.98 Å². The Morgan fingerprint density at radius 3 is 2.79 bits per heavy atom. The minimum atomic E-state index is -0.841. The van der Waals surface area contributed by atoms with Gasteiger partial charge >= 0.3 is 5.97 Å². The van der Waals surface area contributed by atoms with Crippen LogP contribution >= 0.6 is 11.5 Å². The van der Waals surface area contributed by atoms with E-state index >= 15 is 0 Å². The van der Waals surface area contributed by atoms with Crippen LogP contribution in [0, 0.1) is 6.92 Å². The largest absolute Gasteiger partial charge is 0.480 e. The normalized spacial score (nSPS) is 10.1. The summed E-state index contributed by atoms with van der Waals surface area (Å²) < 4.78 is 4.02. The number of hydrogen-bond acceptors (Lipinski definition) is 5. The number of rotatable bonds is 5. The van der Waals surface area contributed by atoms with Crippen LogP contribution in [0.15, 0.2) is 0 Å². The number of carboxylic acids is 1. The van der Waals surface area contributed by atoms with Gasteiger partial charge in [-0.15, -0.1) is 0 Å². The molecule has 78 valence electrons. The topological polar surface area (TPSA) is 66.3 Å². The quantitative estimate of drug-likeness (QED) is 0.798. The first-order chi connectivity index (χ1) is 6.63. The van der Waals surface area contributed by atoms with Crippen LogP contribution in [0.3, 0.4) is 0 Å². The average molecular weight is 215 g/mol. The van der Waals surface area contributed by atoms with Crippen LogP contribution in [0.4, 0.5) is 5.13 Å². The molecule has 1 N–H and O–H groups in total. The molecule has 1 aromatic heterocycles. The first-order valence-corrected chi connectivity index (χ1v) is 5.18. The zero-order chi connectivity index (χ0) is 10.6. The molecule has 1 rings (SSSR count). The Morgan fingerprint density at radius 2 is 2.36 bits per heavy atom. The van der Waals surface area contributed by atoms with Crippen molar-refractivity contribution in [1.29, 1.82) is 0 Å². The first-order valence-electron chi connectivity index (χ1n) is 4.40. The highest BCUT2D eigenvalue weighted by molar-refractivity contribution is 7.09. The van der Waals surface area contributed by atoms with Crippen molar-refractivity contribution in [1.82, 2.24) is 9.36 Å². The maximum absolute atomic E-state index is 10.6. The number of anilines is 1. The van der Waals surface area contributed by atoms with Gasteiger partial charge in [-0.2, -0.15) is 4.37 Å². The van der Waals surface area contributed by atoms with E-state index in [1.165, 1.54) is 11.5 Å². The number of aliphatic carboxylic acids is 1. The fourth-order valence-corrected chi connectivity index (χ4v) is 1.79. The molecule has 0 fully saturated rings. The molecular weight excluding hydrogens is 202 g/mol. The SMILES string of the molecule is CCCN(CC(=O)O)c1nc(C)ns1. The lowest BCUT2D eigenvalue weighted by Crippen LogP contribution is -2.30. The van der Waals surface area contributed by atoms with Crippen LogP contribution in [0.1, 0.15) is 19.2 Å². The molecule has 14 heavy (non-hydrogen) atoms. The van der Waals surface area contributed by atoms with Gasteiger partial charge in [0.2, 0.25) is 5.13 Å². The zero-order valence-electron chi connectivity index (χ0n) is 8.23. The van der Waals surface area contributed by atoms with Gasteiger partial charge in [0.05, 0.1) is 0 Å². The van der Waals surface area contributed by atoms with E-state index in [-0.39, 0.29) is 6.54 Å². The van der Waals surface area contributed by atoms with Gasteiger partial charge in [0, 0.05) is 18.1 Å². The summed E-state index contributed by atoms with van der Waals surface area (Å²) in [7, 11) is 0. The summed E-state index contributed by atoms with van der Waals surface area (Å²) in [5.74, 6) is -0.150. The predicted octanol–water partition coefficient (Wildman–Crippen LogP) is 1.15. The molecular formula is C8H13N3O2S. The second-order valence-electron chi connectivity index (χ2n) is 2.94. The molecule has 6 heteroatoms. The highest BCUT2D eigenvalue weighted by Crippen LogP contribution is 2.16. The predicted molar refractivity (Wildman–Crippen MR) is 54.8 cm³/mol. The lowest BCUT2D eigenvalue weighted by Gasteiger charge is -2.17. The summed E-state index contributed by atoms with van der Waals surface area (Å²) >= 11 is 1.24. The van der Waals surface area contributed by atoms with Gasteiger partial charge in [0.25, 0.3) is 0 Å². The molecule has 1 aromatic rings. The van der Waals surface area contributed by atoms with Gasteiger partial charge in [0.15, 0.2) is 0 Å². The van der Waals surface area contributed by atoms with Crippen molar-refractivity contribution >= 4 is 22.6 Å². The minimum Gasteiger partial charge on any atom is -0.480 e. The summed E-state index contributed by atoms with van der Waals surface area (Å²) in [5.41, 5.74) is 0. The summed E-state index contributed by atoms with van der Waals surface area (Å²) in [6.07, 6.45) is 0.895. The van der Waals surface area contributed by atoms with E-state index in [9.17, 15) is 4.79 Å². The van der Waals surface area contributed by atoms with E-state index in [0.29, 0.717) is 17.5 Å². The van der Waals surface area contributed by atoms with E-state index in [4.69, 9.17) is 5.11 Å². The molecule has 0 aliphatic carbocycles. The van der Waals surface area contributed by atoms with E-state index in [1.54, 1.807) is 11.8 Å². The number of aromatic nitrogens is 2. The maximum atomic E-state index is 10.6. The number of aryl methyl sites for hydroxylation is 1. The maximum Gasteiger partial charge on any atom is 0.323 e. The summed E-state index contributed by atoms with van der Waals surface area (Å²) in [6, 6.07) is 0. The lowest BCUT2D eigenvalue weighted by molar-refractivity contribution is -0.135. The Balaban J connectivity index is 2.71. The van der Waals surface area contributed by atoms with Crippen molar-refractivity contribution < 1.29 is 9.90 Å². The Bertz CT molecular complexity index is 313. The number of nitrogens with zero attached hydrogens (tertiary/aromatic N) is 3. The number of hydrogen-bond donors (Lipinski definition) is 1. The molecule has 0 unspecified atom stereocenters. The molecule has 0 aliphatic heterocycles. The fraction of sp³-hybridized carbons (Fsp3) is 0.625. The van der Waals surface area contributed by atoms with Crippen LogP contribution in [-0.4, -0.2) is 33.5 Å². The van der Waals surface area contributed by atoms with Gasteiger partial charge in [-0.05, 0) is 13.3 Å². The van der Waals surface area contributed by atoms with Gasteiger partial charge in [-0.3, -0.25) is 4.79 Å². The van der Waals surface area contributed by atoms with Gasteiger partial charge in [0.1, 0.15) is 12.4 Å². The molecule has 1 heterocycles. The molecule has 0 spiro atoms. The number of carbonyl (C=O) groups is 1. The zero-order valence-corrected chi connectivity index (χ0v) is 9.04. The van der Waals surface area contributed by atoms with Crippen LogP contribution < -0.4 is 4.90 Å². The lowest BCUT2D eigenvalue weighted by atomic mass is 10.4. The Labute approximate surface area is 86.6 Å². The third kappa shape index (κ3) is 2.95. The fourth-order valence-electron chi connectivity index (χ4n) is 1.09. The number of carboxylic acid groups (broad SMARTS) is 1. The van der Waals surface area contributed by atoms with Gasteiger partial charge in [-0.1, -0.05) is 6.92 Å². The third-order valence-corrected chi connectivity index (χ3v) is 2.48. The Hall–Kier alpha value is -1.17. The molecule has 0 saturated heterocycles. The molecule has 5 nitrogen and oxygen atoms in total. The highest BCUT2D eigenvalue weighted by atomic mass is 32.1. The second kappa shape index (κ2) is 4.90. The van der Waals surface area contributed by atoms with Crippen molar-refractivity contribution in [2.75, 3.05) is 18.0 Å². The smallest absolute Gasteiger partial charge is 0.323 e. The van der Waals surface area contributed by atoms with Crippen molar-refractivity contribution in [3.05, 3.63) is 5.82 Å². The van der Waals surface area contributed by atoms with E-state index in [1.807, 2.05) is 6.92 Å². The monoisotopic (exact) mass is 215 g/mol. The van der Waals surface area contributed by atoms with Crippen LogP contribution in [-0.2, 0) is 4.79 Å². The molecule has 0 aromatic carbocycles. The van der Waals surface area contributed by atoms with Crippen molar-refractivity contribution in [3.63, 3.8) is 0 Å². The summed E-state index contributed by atoms with van der Waals surface area (Å²) in [5, 5.41) is 9.38. The minimum absolute atomic E-state index is 0.0114. The van der Waals surface area contributed by atoms with Crippen molar-refractivity contribution in [3.8, 4) is 0 Å². The second-order valence-corrected chi connectivity index (χ2v) is 3.67. The van der Waals surface area contributed by atoms with Crippen LogP contribution in [0.25, 0.3) is 0 Å². The molecule has 0 bridgehead atoms. The molecule has 0 saturated carbocycles. The first kappa shape index (κ1) is 10.9. The van der Waals surface area contributed by atoms with Crippen molar-refractivity contribution in [2.24, 2.45) is 0 Å². The van der Waals surface area contributed by atoms with E-state index in [0.717, 1.165) is 6.42 Å². The molecule has 0 radical (unpaired) electrons. The Kier molecular flexibility index (Phi) is 3.82. The van der Waals surface area contributed by atoms with Crippen LogP contribution in [0.5, 0.6) is 0 Å². The van der Waals surface area contributed by atoms with Gasteiger partial charge < -0.3 is 10.0 Å². The standard InChI is InChI=1S/C8H13N3O2S/c1-3-4-11(5-7(12)13)8-9-6(2)10-14-8/h3-5H2,1-2H3,(H,12,13). The van der Waals surface area contributed by atoms with E-state index < -0.39 is 5.97 Å². The van der Waals surface area contributed by atoms with E-state index in [2.05, 4.69) is 9.36 Å². The average Bonchev–Trinajstić information content (AvgIpc) is 2.50. The third-order valence-electron chi connectivity index (χ3n) is 1.61. The Morgan fingerprint density at radius 1 is 1.64 bits per heavy atom. The summed E-state index contributed by atoms with van der Waals surface area (Å²) in [4.78, 5) is 16.5. The van der Waals surface area contributed by atoms with Crippen LogP contribution in [0.2, 0.25) is 0 Å². The van der Waals surface area contributed by atoms with Crippen molar-refractivity contribution in [2.45, 2.75) is 20.3 Å².